The molecular formula is C17H25NO3. The lowest BCUT2D eigenvalue weighted by Crippen LogP contribution is -2.32. The molecule has 0 spiro atoms. The lowest BCUT2D eigenvalue weighted by atomic mass is 9.87. The predicted molar refractivity (Wildman–Crippen MR) is 82.5 cm³/mol. The first-order valence-electron chi connectivity index (χ1n) is 7.49. The third kappa shape index (κ3) is 3.56. The highest BCUT2D eigenvalue weighted by atomic mass is 16.5. The minimum Gasteiger partial charge on any atom is -0.492 e. The summed E-state index contributed by atoms with van der Waals surface area (Å²) >= 11 is 0. The molecule has 116 valence electrons. The number of ether oxygens (including phenoxy) is 2. The molecule has 1 aliphatic rings. The quantitative estimate of drug-likeness (QED) is 0.847. The van der Waals surface area contributed by atoms with E-state index in [1.54, 1.807) is 0 Å². The highest BCUT2D eigenvalue weighted by Crippen LogP contribution is 2.32. The Hall–Kier alpha value is -1.55. The molecule has 4 heteroatoms. The summed E-state index contributed by atoms with van der Waals surface area (Å²) < 4.78 is 10.6. The number of esters is 1. The van der Waals surface area contributed by atoms with Crippen molar-refractivity contribution >= 4 is 5.97 Å². The molecule has 0 fully saturated rings. The fourth-order valence-electron chi connectivity index (χ4n) is 2.77. The van der Waals surface area contributed by atoms with Crippen LogP contribution in [0.2, 0.25) is 0 Å². The second-order valence-electron chi connectivity index (χ2n) is 6.26. The fourth-order valence-corrected chi connectivity index (χ4v) is 2.77. The number of nitrogens with one attached hydrogen (secondary N) is 1. The van der Waals surface area contributed by atoms with E-state index < -0.39 is 5.41 Å². The van der Waals surface area contributed by atoms with E-state index in [0.29, 0.717) is 12.6 Å². The van der Waals surface area contributed by atoms with Gasteiger partial charge in [0.25, 0.3) is 0 Å². The summed E-state index contributed by atoms with van der Waals surface area (Å²) in [5, 5.41) is 3.36. The van der Waals surface area contributed by atoms with Gasteiger partial charge < -0.3 is 14.8 Å². The van der Waals surface area contributed by atoms with Crippen LogP contribution in [0, 0.1) is 5.41 Å². The zero-order valence-corrected chi connectivity index (χ0v) is 13.4. The van der Waals surface area contributed by atoms with Gasteiger partial charge in [-0.2, -0.15) is 0 Å². The first-order valence-corrected chi connectivity index (χ1v) is 7.49. The maximum atomic E-state index is 11.7. The van der Waals surface area contributed by atoms with Crippen LogP contribution in [0.3, 0.4) is 0 Å². The van der Waals surface area contributed by atoms with Gasteiger partial charge >= 0.3 is 5.97 Å². The fraction of sp³-hybridized carbons (Fsp3) is 0.588. The largest absolute Gasteiger partial charge is 0.492 e. The van der Waals surface area contributed by atoms with Crippen LogP contribution < -0.4 is 10.1 Å². The molecule has 4 nitrogen and oxygen atoms in total. The van der Waals surface area contributed by atoms with Gasteiger partial charge in [0.2, 0.25) is 0 Å². The van der Waals surface area contributed by atoms with E-state index in [1.807, 2.05) is 27.0 Å². The SMILES string of the molecule is CNC1CCCc2ccc(OCC(C)(C)C(=O)OC)cc21. The van der Waals surface area contributed by atoms with Crippen molar-refractivity contribution in [1.29, 1.82) is 0 Å². The molecule has 1 aromatic carbocycles. The van der Waals surface area contributed by atoms with E-state index in [1.165, 1.54) is 24.7 Å². The molecule has 2 rings (SSSR count). The van der Waals surface area contributed by atoms with Gasteiger partial charge in [-0.1, -0.05) is 6.07 Å². The van der Waals surface area contributed by atoms with Crippen molar-refractivity contribution in [3.8, 4) is 5.75 Å². The summed E-state index contributed by atoms with van der Waals surface area (Å²) in [6, 6.07) is 6.62. The monoisotopic (exact) mass is 291 g/mol. The molecule has 21 heavy (non-hydrogen) atoms. The average Bonchev–Trinajstić information content (AvgIpc) is 2.51. The number of carbonyl (C=O) groups excluding carboxylic acids is 1. The number of hydrogen-bond donors (Lipinski definition) is 1. The summed E-state index contributed by atoms with van der Waals surface area (Å²) in [6.07, 6.45) is 3.50. The highest BCUT2D eigenvalue weighted by molar-refractivity contribution is 5.75. The lowest BCUT2D eigenvalue weighted by Gasteiger charge is -2.26. The first kappa shape index (κ1) is 15.8. The van der Waals surface area contributed by atoms with Crippen LogP contribution in [0.1, 0.15) is 43.9 Å². The summed E-state index contributed by atoms with van der Waals surface area (Å²) in [5.41, 5.74) is 2.06. The van der Waals surface area contributed by atoms with Crippen LogP contribution >= 0.6 is 0 Å². The average molecular weight is 291 g/mol. The molecule has 1 unspecified atom stereocenters. The van der Waals surface area contributed by atoms with Crippen molar-refractivity contribution in [3.63, 3.8) is 0 Å². The zero-order valence-electron chi connectivity index (χ0n) is 13.4. The number of rotatable bonds is 5. The van der Waals surface area contributed by atoms with E-state index in [4.69, 9.17) is 9.47 Å². The van der Waals surface area contributed by atoms with Gasteiger partial charge in [-0.3, -0.25) is 4.79 Å². The second kappa shape index (κ2) is 6.48. The Morgan fingerprint density at radius 2 is 2.19 bits per heavy atom. The Morgan fingerprint density at radius 3 is 2.86 bits per heavy atom. The van der Waals surface area contributed by atoms with E-state index in [0.717, 1.165) is 18.6 Å². The Labute approximate surface area is 126 Å². The van der Waals surface area contributed by atoms with Crippen LogP contribution in [0.5, 0.6) is 5.75 Å². The lowest BCUT2D eigenvalue weighted by molar-refractivity contribution is -0.152. The van der Waals surface area contributed by atoms with E-state index in [-0.39, 0.29) is 5.97 Å². The molecule has 1 atom stereocenters. The van der Waals surface area contributed by atoms with Gasteiger partial charge in [-0.25, -0.2) is 0 Å². The molecule has 0 radical (unpaired) electrons. The minimum atomic E-state index is -0.646. The Balaban J connectivity index is 2.10. The van der Waals surface area contributed by atoms with E-state index in [9.17, 15) is 4.79 Å². The van der Waals surface area contributed by atoms with Crippen LogP contribution in [0.15, 0.2) is 18.2 Å². The maximum absolute atomic E-state index is 11.7. The molecule has 0 amide bonds. The summed E-state index contributed by atoms with van der Waals surface area (Å²) in [4.78, 5) is 11.7. The molecule has 0 aromatic heterocycles. The first-order chi connectivity index (χ1) is 9.97. The smallest absolute Gasteiger partial charge is 0.314 e. The molecule has 1 aromatic rings. The van der Waals surface area contributed by atoms with Crippen molar-refractivity contribution in [2.24, 2.45) is 5.41 Å². The van der Waals surface area contributed by atoms with Crippen LogP contribution in [-0.2, 0) is 16.0 Å². The summed E-state index contributed by atoms with van der Waals surface area (Å²) in [7, 11) is 3.40. The van der Waals surface area contributed by atoms with Crippen LogP contribution in [0.25, 0.3) is 0 Å². The summed E-state index contributed by atoms with van der Waals surface area (Å²) in [5.74, 6) is 0.557. The molecule has 0 aliphatic heterocycles. The van der Waals surface area contributed by atoms with Crippen molar-refractivity contribution < 1.29 is 14.3 Å². The van der Waals surface area contributed by atoms with Gasteiger partial charge in [0.15, 0.2) is 0 Å². The van der Waals surface area contributed by atoms with Crippen molar-refractivity contribution in [3.05, 3.63) is 29.3 Å². The number of carbonyl (C=O) groups is 1. The molecule has 0 saturated heterocycles. The third-order valence-electron chi connectivity index (χ3n) is 4.12. The van der Waals surface area contributed by atoms with Gasteiger partial charge in [0.1, 0.15) is 12.4 Å². The number of aryl methyl sites for hydroxylation is 1. The van der Waals surface area contributed by atoms with Gasteiger partial charge in [0, 0.05) is 6.04 Å². The molecule has 1 aliphatic carbocycles. The maximum Gasteiger partial charge on any atom is 0.314 e. The Kier molecular flexibility index (Phi) is 4.88. The normalized spacial score (nSPS) is 18.0. The van der Waals surface area contributed by atoms with Crippen molar-refractivity contribution in [1.82, 2.24) is 5.32 Å². The van der Waals surface area contributed by atoms with Gasteiger partial charge in [-0.15, -0.1) is 0 Å². The number of methoxy groups -OCH3 is 1. The molecule has 0 bridgehead atoms. The standard InChI is InChI=1S/C17H25NO3/c1-17(2,16(19)20-4)11-21-13-9-8-12-6-5-7-15(18-3)14(12)10-13/h8-10,15,18H,5-7,11H2,1-4H3. The topological polar surface area (TPSA) is 47.6 Å². The van der Waals surface area contributed by atoms with E-state index in [2.05, 4.69) is 17.4 Å². The van der Waals surface area contributed by atoms with Crippen molar-refractivity contribution in [2.75, 3.05) is 20.8 Å². The molecular weight excluding hydrogens is 266 g/mol. The molecule has 0 saturated carbocycles. The number of fused-ring (bicyclic) bond motifs is 1. The van der Waals surface area contributed by atoms with Crippen LogP contribution in [-0.4, -0.2) is 26.7 Å². The summed E-state index contributed by atoms with van der Waals surface area (Å²) in [6.45, 7) is 3.96. The number of benzene rings is 1. The predicted octanol–water partition coefficient (Wildman–Crippen LogP) is 2.86. The van der Waals surface area contributed by atoms with E-state index >= 15 is 0 Å². The van der Waals surface area contributed by atoms with Crippen LogP contribution in [0.4, 0.5) is 0 Å². The molecule has 1 N–H and O–H groups in total. The van der Waals surface area contributed by atoms with Gasteiger partial charge in [-0.05, 0) is 63.4 Å². The zero-order chi connectivity index (χ0) is 15.5. The number of hydrogen-bond acceptors (Lipinski definition) is 4. The highest BCUT2D eigenvalue weighted by Gasteiger charge is 2.30. The third-order valence-corrected chi connectivity index (χ3v) is 4.12. The molecule has 0 heterocycles. The Bertz CT molecular complexity index is 511. The second-order valence-corrected chi connectivity index (χ2v) is 6.26. The minimum absolute atomic E-state index is 0.256. The van der Waals surface area contributed by atoms with Gasteiger partial charge in [0.05, 0.1) is 12.5 Å². The van der Waals surface area contributed by atoms with Crippen molar-refractivity contribution in [2.45, 2.75) is 39.2 Å². The Morgan fingerprint density at radius 1 is 1.43 bits per heavy atom.